The van der Waals surface area contributed by atoms with Crippen LogP contribution in [0.15, 0.2) is 52.4 Å². The third-order valence-electron chi connectivity index (χ3n) is 5.31. The number of amides is 1. The second kappa shape index (κ2) is 7.40. The summed E-state index contributed by atoms with van der Waals surface area (Å²) in [4.78, 5) is 20.2. The number of likely N-dealkylation sites (tertiary alicyclic amines) is 1. The molecule has 146 valence electrons. The maximum absolute atomic E-state index is 13.1. The Labute approximate surface area is 172 Å². The lowest BCUT2D eigenvalue weighted by Crippen LogP contribution is -2.38. The number of piperidine rings is 1. The molecule has 0 bridgehead atoms. The summed E-state index contributed by atoms with van der Waals surface area (Å²) in [5.74, 6) is 0.911. The summed E-state index contributed by atoms with van der Waals surface area (Å²) in [6.07, 6.45) is 4.58. The number of carbonyl (C=O) groups excluding carboxylic acids is 1. The number of nitrogens with zero attached hydrogens (tertiary/aromatic N) is 4. The number of aryl methyl sites for hydroxylation is 1. The number of fused-ring (bicyclic) bond motifs is 1. The van der Waals surface area contributed by atoms with E-state index in [1.165, 1.54) is 11.3 Å². The monoisotopic (exact) mass is 404 g/mol. The summed E-state index contributed by atoms with van der Waals surface area (Å²) in [7, 11) is 0. The third kappa shape index (κ3) is 3.31. The molecular formula is C22H20N4O2S. The Morgan fingerprint density at radius 1 is 1.21 bits per heavy atom. The van der Waals surface area contributed by atoms with Gasteiger partial charge in [0.25, 0.3) is 11.8 Å². The summed E-state index contributed by atoms with van der Waals surface area (Å²) >= 11 is 1.48. The second-order valence-corrected chi connectivity index (χ2v) is 8.24. The normalized spacial score (nSPS) is 17.0. The summed E-state index contributed by atoms with van der Waals surface area (Å²) in [5, 5.41) is 12.6. The zero-order valence-electron chi connectivity index (χ0n) is 16.0. The molecule has 7 heteroatoms. The van der Waals surface area contributed by atoms with E-state index in [0.717, 1.165) is 40.5 Å². The van der Waals surface area contributed by atoms with Gasteiger partial charge < -0.3 is 9.32 Å². The van der Waals surface area contributed by atoms with E-state index in [1.54, 1.807) is 6.20 Å². The van der Waals surface area contributed by atoms with Crippen LogP contribution in [0.2, 0.25) is 0 Å². The van der Waals surface area contributed by atoms with E-state index in [9.17, 15) is 4.79 Å². The number of thiophene rings is 1. The van der Waals surface area contributed by atoms with Gasteiger partial charge in [-0.25, -0.2) is 0 Å². The number of carbonyl (C=O) groups is 1. The van der Waals surface area contributed by atoms with Crippen LogP contribution in [0.4, 0.5) is 0 Å². The summed E-state index contributed by atoms with van der Waals surface area (Å²) in [5.41, 5.74) is 1.78. The Morgan fingerprint density at radius 2 is 2.10 bits per heavy atom. The van der Waals surface area contributed by atoms with E-state index < -0.39 is 0 Å². The van der Waals surface area contributed by atoms with Crippen molar-refractivity contribution in [1.82, 2.24) is 20.1 Å². The molecule has 0 spiro atoms. The van der Waals surface area contributed by atoms with Crippen LogP contribution in [-0.4, -0.2) is 32.5 Å². The molecule has 1 aromatic carbocycles. The summed E-state index contributed by atoms with van der Waals surface area (Å²) in [6, 6.07) is 11.7. The van der Waals surface area contributed by atoms with E-state index >= 15 is 0 Å². The molecule has 29 heavy (non-hydrogen) atoms. The van der Waals surface area contributed by atoms with Crippen LogP contribution in [-0.2, 0) is 0 Å². The van der Waals surface area contributed by atoms with Gasteiger partial charge in [0.15, 0.2) is 0 Å². The number of rotatable bonds is 3. The maximum atomic E-state index is 13.1. The van der Waals surface area contributed by atoms with Crippen molar-refractivity contribution in [2.24, 2.45) is 0 Å². The van der Waals surface area contributed by atoms with Crippen molar-refractivity contribution in [2.75, 3.05) is 6.54 Å². The Morgan fingerprint density at radius 3 is 2.97 bits per heavy atom. The molecule has 1 fully saturated rings. The van der Waals surface area contributed by atoms with Crippen molar-refractivity contribution < 1.29 is 9.21 Å². The first-order valence-electron chi connectivity index (χ1n) is 9.74. The van der Waals surface area contributed by atoms with Gasteiger partial charge in [0, 0.05) is 18.1 Å². The van der Waals surface area contributed by atoms with Gasteiger partial charge in [-0.05, 0) is 54.6 Å². The quantitative estimate of drug-likeness (QED) is 0.479. The predicted octanol–water partition coefficient (Wildman–Crippen LogP) is 5.02. The van der Waals surface area contributed by atoms with Crippen LogP contribution < -0.4 is 0 Å². The van der Waals surface area contributed by atoms with Crippen LogP contribution in [0.1, 0.15) is 46.4 Å². The average molecular weight is 404 g/mol. The second-order valence-electron chi connectivity index (χ2n) is 7.32. The highest BCUT2D eigenvalue weighted by Crippen LogP contribution is 2.34. The first kappa shape index (κ1) is 18.0. The molecule has 1 amide bonds. The Hall–Kier alpha value is -3.06. The lowest BCUT2D eigenvalue weighted by atomic mass is 10.0. The van der Waals surface area contributed by atoms with Crippen molar-refractivity contribution >= 4 is 28.0 Å². The first-order chi connectivity index (χ1) is 14.2. The van der Waals surface area contributed by atoms with E-state index in [0.29, 0.717) is 24.0 Å². The Balaban J connectivity index is 1.49. The fraction of sp³-hybridized carbons (Fsp3) is 0.273. The molecule has 1 aliphatic rings. The van der Waals surface area contributed by atoms with Gasteiger partial charge in [0.05, 0.1) is 4.88 Å². The van der Waals surface area contributed by atoms with Gasteiger partial charge in [-0.15, -0.1) is 21.5 Å². The minimum Gasteiger partial charge on any atom is -0.417 e. The molecule has 0 radical (unpaired) electrons. The van der Waals surface area contributed by atoms with Gasteiger partial charge in [0.1, 0.15) is 11.7 Å². The van der Waals surface area contributed by atoms with E-state index in [4.69, 9.17) is 4.42 Å². The van der Waals surface area contributed by atoms with E-state index in [2.05, 4.69) is 15.2 Å². The molecule has 0 N–H and O–H groups in total. The van der Waals surface area contributed by atoms with Crippen molar-refractivity contribution in [3.8, 4) is 11.6 Å². The topological polar surface area (TPSA) is 72.1 Å². The van der Waals surface area contributed by atoms with Crippen LogP contribution in [0.5, 0.6) is 0 Å². The fourth-order valence-electron chi connectivity index (χ4n) is 3.87. The molecule has 1 unspecified atom stereocenters. The molecule has 1 saturated heterocycles. The number of pyridine rings is 1. The standard InChI is InChI=1S/C22H20N4O2S/c1-14-12-18(29-13-14)22(27)26-11-5-4-8-17(26)20-24-25-21(28-20)19-16-7-3-2-6-15(16)9-10-23-19/h2-3,6-7,9-10,12-13,17H,4-5,8,11H2,1H3. The van der Waals surface area contributed by atoms with Crippen molar-refractivity contribution in [1.29, 1.82) is 0 Å². The van der Waals surface area contributed by atoms with Crippen LogP contribution >= 0.6 is 11.3 Å². The van der Waals surface area contributed by atoms with Gasteiger partial charge in [-0.3, -0.25) is 9.78 Å². The highest BCUT2D eigenvalue weighted by Gasteiger charge is 2.33. The number of aromatic nitrogens is 3. The molecule has 3 aromatic heterocycles. The third-order valence-corrected chi connectivity index (χ3v) is 6.34. The Bertz CT molecular complexity index is 1180. The van der Waals surface area contributed by atoms with Crippen LogP contribution in [0, 0.1) is 6.92 Å². The number of benzene rings is 1. The van der Waals surface area contributed by atoms with Gasteiger partial charge in [-0.2, -0.15) is 0 Å². The maximum Gasteiger partial charge on any atom is 0.267 e. The van der Waals surface area contributed by atoms with Crippen molar-refractivity contribution in [3.63, 3.8) is 0 Å². The minimum atomic E-state index is -0.199. The average Bonchev–Trinajstić information content (AvgIpc) is 3.42. The zero-order valence-corrected chi connectivity index (χ0v) is 16.9. The molecule has 0 saturated carbocycles. The lowest BCUT2D eigenvalue weighted by molar-refractivity contribution is 0.0577. The van der Waals surface area contributed by atoms with Gasteiger partial charge >= 0.3 is 0 Å². The highest BCUT2D eigenvalue weighted by molar-refractivity contribution is 7.12. The van der Waals surface area contributed by atoms with Crippen molar-refractivity contribution in [2.45, 2.75) is 32.2 Å². The van der Waals surface area contributed by atoms with E-state index in [-0.39, 0.29) is 11.9 Å². The minimum absolute atomic E-state index is 0.0378. The number of hydrogen-bond donors (Lipinski definition) is 0. The molecule has 1 atom stereocenters. The van der Waals surface area contributed by atoms with Crippen molar-refractivity contribution in [3.05, 3.63) is 64.3 Å². The van der Waals surface area contributed by atoms with Gasteiger partial charge in [0.2, 0.25) is 5.89 Å². The Kier molecular flexibility index (Phi) is 4.60. The van der Waals surface area contributed by atoms with Crippen LogP contribution in [0.25, 0.3) is 22.4 Å². The first-order valence-corrected chi connectivity index (χ1v) is 10.6. The molecule has 4 heterocycles. The number of hydrogen-bond acceptors (Lipinski definition) is 6. The molecule has 4 aromatic rings. The van der Waals surface area contributed by atoms with E-state index in [1.807, 2.05) is 53.6 Å². The summed E-state index contributed by atoms with van der Waals surface area (Å²) < 4.78 is 6.06. The highest BCUT2D eigenvalue weighted by atomic mass is 32.1. The smallest absolute Gasteiger partial charge is 0.267 e. The molecule has 1 aliphatic heterocycles. The largest absolute Gasteiger partial charge is 0.417 e. The van der Waals surface area contributed by atoms with Crippen LogP contribution in [0.3, 0.4) is 0 Å². The molecule has 5 rings (SSSR count). The molecule has 0 aliphatic carbocycles. The fourth-order valence-corrected chi connectivity index (χ4v) is 4.72. The predicted molar refractivity (Wildman–Crippen MR) is 112 cm³/mol. The SMILES string of the molecule is Cc1csc(C(=O)N2CCCCC2c2nnc(-c3nccc4ccccc34)o2)c1. The zero-order chi connectivity index (χ0) is 19.8. The summed E-state index contributed by atoms with van der Waals surface area (Å²) in [6.45, 7) is 2.70. The van der Waals surface area contributed by atoms with Gasteiger partial charge in [-0.1, -0.05) is 24.3 Å². The lowest BCUT2D eigenvalue weighted by Gasteiger charge is -2.33. The molecular weight excluding hydrogens is 384 g/mol. The molecule has 6 nitrogen and oxygen atoms in total.